The Morgan fingerprint density at radius 3 is 2.53 bits per heavy atom. The fourth-order valence-electron chi connectivity index (χ4n) is 3.92. The molecule has 1 aromatic rings. The average Bonchev–Trinajstić information content (AvgIpc) is 2.68. The van der Waals surface area contributed by atoms with Gasteiger partial charge in [0, 0.05) is 30.5 Å². The van der Waals surface area contributed by atoms with Gasteiger partial charge in [-0.25, -0.2) is 0 Å². The number of hydrogen-bond acceptors (Lipinski definition) is 4. The second-order valence-electron chi connectivity index (χ2n) is 6.11. The quantitative estimate of drug-likeness (QED) is 0.633. The first-order valence-electron chi connectivity index (χ1n) is 7.35. The molecule has 3 heterocycles. The highest BCUT2D eigenvalue weighted by atomic mass is 15.2. The molecule has 4 nitrogen and oxygen atoms in total. The van der Waals surface area contributed by atoms with Crippen LogP contribution in [0.4, 0.5) is 0 Å². The number of piperidine rings is 1. The van der Waals surface area contributed by atoms with Crippen molar-refractivity contribution in [2.24, 2.45) is 11.8 Å². The van der Waals surface area contributed by atoms with Crippen LogP contribution in [0.3, 0.4) is 0 Å². The van der Waals surface area contributed by atoms with E-state index < -0.39 is 0 Å². The van der Waals surface area contributed by atoms with Crippen LogP contribution in [-0.2, 0) is 6.42 Å². The third-order valence-electron chi connectivity index (χ3n) is 5.12. The summed E-state index contributed by atoms with van der Waals surface area (Å²) in [7, 11) is 2.28. The minimum atomic E-state index is 0.388. The monoisotopic (exact) mass is 260 g/mol. The van der Waals surface area contributed by atoms with E-state index in [2.05, 4.69) is 34.5 Å². The molecule has 0 aromatic carbocycles. The van der Waals surface area contributed by atoms with Crippen molar-refractivity contribution in [3.05, 3.63) is 30.1 Å². The molecule has 3 rings (SSSR count). The number of hydrazine groups is 1. The summed E-state index contributed by atoms with van der Waals surface area (Å²) < 4.78 is 0. The molecular weight excluding hydrogens is 236 g/mol. The van der Waals surface area contributed by atoms with Crippen molar-refractivity contribution in [3.8, 4) is 0 Å². The molecule has 104 valence electrons. The van der Waals surface area contributed by atoms with Gasteiger partial charge in [-0.2, -0.15) is 0 Å². The highest BCUT2D eigenvalue weighted by Crippen LogP contribution is 2.39. The first kappa shape index (κ1) is 13.0. The zero-order valence-corrected chi connectivity index (χ0v) is 11.6. The van der Waals surface area contributed by atoms with Crippen LogP contribution in [0.1, 0.15) is 31.2 Å². The summed E-state index contributed by atoms with van der Waals surface area (Å²) in [5.74, 6) is 6.52. The lowest BCUT2D eigenvalue weighted by Crippen LogP contribution is -2.49. The summed E-state index contributed by atoms with van der Waals surface area (Å²) in [6, 6.07) is 6.12. The Bertz CT molecular complexity index is 394. The standard InChI is InChI=1S/C15H24N4/c1-19-13-2-3-14(19)10-12(9-13)15(18-16)8-11-4-6-17-7-5-11/h4-7,12-15,18H,2-3,8-10,16H2,1H3. The number of nitrogens with zero attached hydrogens (tertiary/aromatic N) is 2. The second-order valence-corrected chi connectivity index (χ2v) is 6.11. The van der Waals surface area contributed by atoms with Gasteiger partial charge >= 0.3 is 0 Å². The molecule has 0 aliphatic carbocycles. The van der Waals surface area contributed by atoms with Crippen LogP contribution in [0.5, 0.6) is 0 Å². The minimum Gasteiger partial charge on any atom is -0.300 e. The molecule has 2 aliphatic heterocycles. The molecule has 0 spiro atoms. The molecule has 2 fully saturated rings. The normalized spacial score (nSPS) is 32.4. The Hall–Kier alpha value is -0.970. The zero-order chi connectivity index (χ0) is 13.2. The van der Waals surface area contributed by atoms with E-state index in [9.17, 15) is 0 Å². The van der Waals surface area contributed by atoms with Gasteiger partial charge in [-0.1, -0.05) is 0 Å². The Kier molecular flexibility index (Phi) is 3.82. The predicted octanol–water partition coefficient (Wildman–Crippen LogP) is 1.33. The Balaban J connectivity index is 1.66. The smallest absolute Gasteiger partial charge is 0.0280 e. The van der Waals surface area contributed by atoms with E-state index >= 15 is 0 Å². The number of hydrogen-bond donors (Lipinski definition) is 2. The van der Waals surface area contributed by atoms with Crippen LogP contribution in [0.15, 0.2) is 24.5 Å². The summed E-state index contributed by atoms with van der Waals surface area (Å²) in [6.45, 7) is 0. The molecule has 2 aliphatic rings. The van der Waals surface area contributed by atoms with E-state index in [1.807, 2.05) is 12.4 Å². The maximum atomic E-state index is 5.82. The molecule has 19 heavy (non-hydrogen) atoms. The SMILES string of the molecule is CN1C2CCC1CC(C(Cc1ccncc1)NN)C2. The number of rotatable bonds is 4. The highest BCUT2D eigenvalue weighted by Gasteiger charge is 2.40. The van der Waals surface area contributed by atoms with Gasteiger partial charge in [0.15, 0.2) is 0 Å². The maximum absolute atomic E-state index is 5.82. The van der Waals surface area contributed by atoms with Gasteiger partial charge in [-0.15, -0.1) is 0 Å². The van der Waals surface area contributed by atoms with E-state index in [0.717, 1.165) is 18.5 Å². The lowest BCUT2D eigenvalue weighted by atomic mass is 9.83. The summed E-state index contributed by atoms with van der Waals surface area (Å²) in [6.07, 6.45) is 10.0. The van der Waals surface area contributed by atoms with Gasteiger partial charge in [0.25, 0.3) is 0 Å². The van der Waals surface area contributed by atoms with Gasteiger partial charge in [-0.3, -0.25) is 16.3 Å². The minimum absolute atomic E-state index is 0.388. The second kappa shape index (κ2) is 5.57. The summed E-state index contributed by atoms with van der Waals surface area (Å²) in [5, 5.41) is 0. The van der Waals surface area contributed by atoms with E-state index in [0.29, 0.717) is 12.0 Å². The number of nitrogens with two attached hydrogens (primary N) is 1. The van der Waals surface area contributed by atoms with Crippen LogP contribution >= 0.6 is 0 Å². The van der Waals surface area contributed by atoms with Crippen LogP contribution in [-0.4, -0.2) is 35.1 Å². The summed E-state index contributed by atoms with van der Waals surface area (Å²) in [5.41, 5.74) is 4.39. The summed E-state index contributed by atoms with van der Waals surface area (Å²) in [4.78, 5) is 6.66. The number of aromatic nitrogens is 1. The molecule has 4 heteroatoms. The van der Waals surface area contributed by atoms with Gasteiger partial charge in [0.2, 0.25) is 0 Å². The van der Waals surface area contributed by atoms with Crippen molar-refractivity contribution in [3.63, 3.8) is 0 Å². The van der Waals surface area contributed by atoms with Crippen LogP contribution in [0.2, 0.25) is 0 Å². The van der Waals surface area contributed by atoms with Gasteiger partial charge in [0.1, 0.15) is 0 Å². The topological polar surface area (TPSA) is 54.2 Å². The highest BCUT2D eigenvalue weighted by molar-refractivity contribution is 5.12. The van der Waals surface area contributed by atoms with E-state index in [1.165, 1.54) is 31.2 Å². The van der Waals surface area contributed by atoms with Crippen molar-refractivity contribution >= 4 is 0 Å². The third kappa shape index (κ3) is 2.66. The molecule has 3 atom stereocenters. The van der Waals surface area contributed by atoms with Gasteiger partial charge < -0.3 is 4.90 Å². The van der Waals surface area contributed by atoms with Crippen molar-refractivity contribution in [2.75, 3.05) is 7.05 Å². The van der Waals surface area contributed by atoms with Crippen molar-refractivity contribution < 1.29 is 0 Å². The van der Waals surface area contributed by atoms with Crippen molar-refractivity contribution in [2.45, 2.75) is 50.2 Å². The van der Waals surface area contributed by atoms with Crippen LogP contribution in [0.25, 0.3) is 0 Å². The molecule has 3 unspecified atom stereocenters. The van der Waals surface area contributed by atoms with E-state index in [4.69, 9.17) is 5.84 Å². The molecular formula is C15H24N4. The Morgan fingerprint density at radius 1 is 1.32 bits per heavy atom. The Morgan fingerprint density at radius 2 is 1.95 bits per heavy atom. The van der Waals surface area contributed by atoms with Crippen LogP contribution in [0, 0.1) is 5.92 Å². The Labute approximate surface area is 115 Å². The van der Waals surface area contributed by atoms with Gasteiger partial charge in [-0.05, 0) is 62.8 Å². The average molecular weight is 260 g/mol. The molecule has 3 N–H and O–H groups in total. The largest absolute Gasteiger partial charge is 0.300 e. The maximum Gasteiger partial charge on any atom is 0.0280 e. The molecule has 0 saturated carbocycles. The van der Waals surface area contributed by atoms with Crippen molar-refractivity contribution in [1.82, 2.24) is 15.3 Å². The fraction of sp³-hybridized carbons (Fsp3) is 0.667. The van der Waals surface area contributed by atoms with Gasteiger partial charge in [0.05, 0.1) is 0 Å². The van der Waals surface area contributed by atoms with Crippen LogP contribution < -0.4 is 11.3 Å². The molecule has 0 radical (unpaired) electrons. The predicted molar refractivity (Wildman–Crippen MR) is 76.3 cm³/mol. The number of nitrogens with one attached hydrogen (secondary N) is 1. The number of pyridine rings is 1. The molecule has 2 bridgehead atoms. The van der Waals surface area contributed by atoms with E-state index in [1.54, 1.807) is 0 Å². The fourth-order valence-corrected chi connectivity index (χ4v) is 3.92. The summed E-state index contributed by atoms with van der Waals surface area (Å²) >= 11 is 0. The van der Waals surface area contributed by atoms with Crippen molar-refractivity contribution in [1.29, 1.82) is 0 Å². The zero-order valence-electron chi connectivity index (χ0n) is 11.6. The van der Waals surface area contributed by atoms with E-state index in [-0.39, 0.29) is 0 Å². The first-order chi connectivity index (χ1) is 9.28. The lowest BCUT2D eigenvalue weighted by Gasteiger charge is -2.39. The first-order valence-corrected chi connectivity index (χ1v) is 7.35. The molecule has 1 aromatic heterocycles. The number of fused-ring (bicyclic) bond motifs is 2. The third-order valence-corrected chi connectivity index (χ3v) is 5.12. The molecule has 0 amide bonds. The lowest BCUT2D eigenvalue weighted by molar-refractivity contribution is 0.112. The molecule has 2 saturated heterocycles.